The second-order valence-corrected chi connectivity index (χ2v) is 3.14. The van der Waals surface area contributed by atoms with Gasteiger partial charge in [0.1, 0.15) is 5.82 Å². The van der Waals surface area contributed by atoms with Crippen LogP contribution in [0.15, 0.2) is 16.6 Å². The summed E-state index contributed by atoms with van der Waals surface area (Å²) in [5.41, 5.74) is 4.84. The van der Waals surface area contributed by atoms with Crippen LogP contribution in [0.2, 0.25) is 0 Å². The highest BCUT2D eigenvalue weighted by Crippen LogP contribution is 2.22. The molecule has 0 aliphatic rings. The predicted molar refractivity (Wildman–Crippen MR) is 47.4 cm³/mol. The Bertz CT molecular complexity index is 354. The monoisotopic (exact) mass is 249 g/mol. The van der Waals surface area contributed by atoms with Crippen LogP contribution in [-0.2, 0) is 0 Å². The topological polar surface area (TPSA) is 43.1 Å². The fourth-order valence-corrected chi connectivity index (χ4v) is 1.20. The maximum absolute atomic E-state index is 13.1. The zero-order valence-electron chi connectivity index (χ0n) is 6.48. The Morgan fingerprint density at radius 3 is 2.62 bits per heavy atom. The van der Waals surface area contributed by atoms with E-state index >= 15 is 0 Å². The van der Waals surface area contributed by atoms with Gasteiger partial charge >= 0.3 is 0 Å². The Balaban J connectivity index is 3.26. The van der Waals surface area contributed by atoms with E-state index in [1.54, 1.807) is 0 Å². The van der Waals surface area contributed by atoms with Crippen molar-refractivity contribution < 1.29 is 13.6 Å². The largest absolute Gasteiger partial charge is 0.324 e. The molecule has 2 N–H and O–H groups in total. The van der Waals surface area contributed by atoms with E-state index in [9.17, 15) is 13.6 Å². The van der Waals surface area contributed by atoms with Gasteiger partial charge in [0.15, 0.2) is 11.6 Å². The van der Waals surface area contributed by atoms with Gasteiger partial charge in [-0.05, 0) is 28.1 Å². The maximum atomic E-state index is 13.1. The lowest BCUT2D eigenvalue weighted by Crippen LogP contribution is -2.15. The Kier molecular flexibility index (Phi) is 3.11. The lowest BCUT2D eigenvalue weighted by molar-refractivity contribution is 0.0997. The maximum Gasteiger partial charge on any atom is 0.179 e. The summed E-state index contributed by atoms with van der Waals surface area (Å²) in [6, 6.07) is 2.08. The summed E-state index contributed by atoms with van der Waals surface area (Å²) in [7, 11) is 0. The van der Waals surface area contributed by atoms with Crippen LogP contribution in [0, 0.1) is 11.6 Å². The summed E-state index contributed by atoms with van der Waals surface area (Å²) in [5, 5.41) is 0. The second kappa shape index (κ2) is 3.93. The standard InChI is InChI=1S/C8H6BrF2NO/c9-7-5(10)2-1-4(8(7)11)6(13)3-12/h1-2H,3,12H2. The summed E-state index contributed by atoms with van der Waals surface area (Å²) in [6.45, 7) is -0.297. The van der Waals surface area contributed by atoms with Crippen molar-refractivity contribution in [2.75, 3.05) is 6.54 Å². The van der Waals surface area contributed by atoms with Gasteiger partial charge < -0.3 is 5.73 Å². The number of carbonyl (C=O) groups is 1. The van der Waals surface area contributed by atoms with Crippen molar-refractivity contribution in [2.24, 2.45) is 5.73 Å². The van der Waals surface area contributed by atoms with E-state index in [0.717, 1.165) is 12.1 Å². The van der Waals surface area contributed by atoms with Crippen molar-refractivity contribution in [3.05, 3.63) is 33.8 Å². The molecule has 0 amide bonds. The third-order valence-electron chi connectivity index (χ3n) is 1.52. The molecule has 0 bridgehead atoms. The zero-order chi connectivity index (χ0) is 10.0. The Morgan fingerprint density at radius 1 is 1.46 bits per heavy atom. The number of ketones is 1. The summed E-state index contributed by atoms with van der Waals surface area (Å²) < 4.78 is 25.5. The first-order valence-corrected chi connectivity index (χ1v) is 4.24. The van der Waals surface area contributed by atoms with Crippen LogP contribution in [-0.4, -0.2) is 12.3 Å². The van der Waals surface area contributed by atoms with Crippen LogP contribution in [0.3, 0.4) is 0 Å². The number of nitrogens with two attached hydrogens (primary N) is 1. The molecule has 0 heterocycles. The second-order valence-electron chi connectivity index (χ2n) is 2.35. The summed E-state index contributed by atoms with van der Waals surface area (Å²) in [5.74, 6) is -2.21. The summed E-state index contributed by atoms with van der Waals surface area (Å²) >= 11 is 2.68. The van der Waals surface area contributed by atoms with Gasteiger partial charge in [-0.25, -0.2) is 8.78 Å². The fourth-order valence-electron chi connectivity index (χ4n) is 0.851. The Hall–Kier alpha value is -0.810. The first-order valence-electron chi connectivity index (χ1n) is 3.44. The number of halogens is 3. The Morgan fingerprint density at radius 2 is 2.08 bits per heavy atom. The first-order chi connectivity index (χ1) is 6.07. The molecule has 5 heteroatoms. The Labute approximate surface area is 81.9 Å². The summed E-state index contributed by atoms with van der Waals surface area (Å²) in [4.78, 5) is 11.0. The van der Waals surface area contributed by atoms with Gasteiger partial charge in [-0.2, -0.15) is 0 Å². The van der Waals surface area contributed by atoms with E-state index < -0.39 is 17.4 Å². The average molecular weight is 250 g/mol. The molecule has 1 aromatic rings. The van der Waals surface area contributed by atoms with E-state index in [2.05, 4.69) is 15.9 Å². The van der Waals surface area contributed by atoms with Crippen LogP contribution in [0.5, 0.6) is 0 Å². The van der Waals surface area contributed by atoms with Crippen molar-refractivity contribution in [3.63, 3.8) is 0 Å². The van der Waals surface area contributed by atoms with E-state index in [4.69, 9.17) is 5.73 Å². The van der Waals surface area contributed by atoms with E-state index in [1.807, 2.05) is 0 Å². The molecule has 1 rings (SSSR count). The molecule has 2 nitrogen and oxygen atoms in total. The minimum Gasteiger partial charge on any atom is -0.324 e. The third kappa shape index (κ3) is 1.92. The molecule has 0 radical (unpaired) electrons. The van der Waals surface area contributed by atoms with Gasteiger partial charge in [0.2, 0.25) is 0 Å². The normalized spacial score (nSPS) is 10.2. The van der Waals surface area contributed by atoms with Crippen molar-refractivity contribution in [2.45, 2.75) is 0 Å². The number of rotatable bonds is 2. The van der Waals surface area contributed by atoms with Crippen molar-refractivity contribution >= 4 is 21.7 Å². The first kappa shape index (κ1) is 10.3. The third-order valence-corrected chi connectivity index (χ3v) is 2.25. The molecule has 0 fully saturated rings. The van der Waals surface area contributed by atoms with Crippen LogP contribution in [0.25, 0.3) is 0 Å². The molecule has 13 heavy (non-hydrogen) atoms. The van der Waals surface area contributed by atoms with Gasteiger partial charge in [-0.15, -0.1) is 0 Å². The lowest BCUT2D eigenvalue weighted by atomic mass is 10.1. The molecule has 0 spiro atoms. The minimum absolute atomic E-state index is 0.198. The molecule has 1 aromatic carbocycles. The van der Waals surface area contributed by atoms with E-state index in [0.29, 0.717) is 0 Å². The highest BCUT2D eigenvalue weighted by Gasteiger charge is 2.15. The van der Waals surface area contributed by atoms with Crippen molar-refractivity contribution in [3.8, 4) is 0 Å². The van der Waals surface area contributed by atoms with Crippen LogP contribution in [0.1, 0.15) is 10.4 Å². The van der Waals surface area contributed by atoms with Gasteiger partial charge in [0.25, 0.3) is 0 Å². The molecule has 0 atom stereocenters. The number of hydrogen-bond donors (Lipinski definition) is 1. The van der Waals surface area contributed by atoms with Crippen molar-refractivity contribution in [1.82, 2.24) is 0 Å². The molecule has 70 valence electrons. The zero-order valence-corrected chi connectivity index (χ0v) is 8.07. The minimum atomic E-state index is -0.907. The smallest absolute Gasteiger partial charge is 0.179 e. The summed E-state index contributed by atoms with van der Waals surface area (Å²) in [6.07, 6.45) is 0. The van der Waals surface area contributed by atoms with E-state index in [1.165, 1.54) is 0 Å². The fraction of sp³-hybridized carbons (Fsp3) is 0.125. The molecule has 0 saturated heterocycles. The van der Waals surface area contributed by atoms with Crippen LogP contribution < -0.4 is 5.73 Å². The van der Waals surface area contributed by atoms with Gasteiger partial charge in [-0.3, -0.25) is 4.79 Å². The van der Waals surface area contributed by atoms with E-state index in [-0.39, 0.29) is 16.6 Å². The molecule has 0 aromatic heterocycles. The van der Waals surface area contributed by atoms with Crippen molar-refractivity contribution in [1.29, 1.82) is 0 Å². The highest BCUT2D eigenvalue weighted by atomic mass is 79.9. The van der Waals surface area contributed by atoms with Crippen LogP contribution in [0.4, 0.5) is 8.78 Å². The number of carbonyl (C=O) groups excluding carboxylic acids is 1. The lowest BCUT2D eigenvalue weighted by Gasteiger charge is -2.02. The molecule has 0 unspecified atom stereocenters. The van der Waals surface area contributed by atoms with Gasteiger partial charge in [0, 0.05) is 0 Å². The molecule has 0 aliphatic carbocycles. The highest BCUT2D eigenvalue weighted by molar-refractivity contribution is 9.10. The molecular weight excluding hydrogens is 244 g/mol. The number of hydrogen-bond acceptors (Lipinski definition) is 2. The SMILES string of the molecule is NCC(=O)c1ccc(F)c(Br)c1F. The number of benzene rings is 1. The quantitative estimate of drug-likeness (QED) is 0.643. The van der Waals surface area contributed by atoms with Gasteiger partial charge in [-0.1, -0.05) is 0 Å². The predicted octanol–water partition coefficient (Wildman–Crippen LogP) is 1.87. The number of Topliss-reactive ketones (excluding diaryl/α,β-unsaturated/α-hetero) is 1. The van der Waals surface area contributed by atoms with Crippen LogP contribution >= 0.6 is 15.9 Å². The van der Waals surface area contributed by atoms with Gasteiger partial charge in [0.05, 0.1) is 16.6 Å². The molecule has 0 saturated carbocycles. The molecular formula is C8H6BrF2NO. The molecule has 0 aliphatic heterocycles. The average Bonchev–Trinajstić information content (AvgIpc) is 2.13.